The Labute approximate surface area is 115 Å². The summed E-state index contributed by atoms with van der Waals surface area (Å²) < 4.78 is 0. The molecule has 1 aromatic heterocycles. The first-order chi connectivity index (χ1) is 9.26. The number of aliphatic hydroxyl groups excluding tert-OH is 2. The molecule has 0 saturated carbocycles. The van der Waals surface area contributed by atoms with Crippen molar-refractivity contribution in [1.29, 1.82) is 0 Å². The van der Waals surface area contributed by atoms with Crippen molar-refractivity contribution in [2.24, 2.45) is 5.92 Å². The van der Waals surface area contributed by atoms with Crippen LogP contribution in [0.1, 0.15) is 37.4 Å². The molecule has 0 spiro atoms. The molecule has 106 valence electrons. The molecule has 0 bridgehead atoms. The Morgan fingerprint density at radius 1 is 1.37 bits per heavy atom. The lowest BCUT2D eigenvalue weighted by Gasteiger charge is -2.19. The first-order valence-corrected chi connectivity index (χ1v) is 7.23. The summed E-state index contributed by atoms with van der Waals surface area (Å²) in [5.74, 6) is 1.55. The highest BCUT2D eigenvalue weighted by Crippen LogP contribution is 2.25. The largest absolute Gasteiger partial charge is 0.396 e. The number of aryl methyl sites for hydroxylation is 1. The highest BCUT2D eigenvalue weighted by Gasteiger charge is 2.23. The van der Waals surface area contributed by atoms with Crippen LogP contribution in [0.4, 0.5) is 5.82 Å². The number of aromatic nitrogens is 1. The van der Waals surface area contributed by atoms with Gasteiger partial charge in [0, 0.05) is 25.4 Å². The van der Waals surface area contributed by atoms with Gasteiger partial charge in [0.15, 0.2) is 0 Å². The minimum Gasteiger partial charge on any atom is -0.396 e. The van der Waals surface area contributed by atoms with Crippen LogP contribution in [-0.4, -0.2) is 34.9 Å². The fourth-order valence-electron chi connectivity index (χ4n) is 2.73. The van der Waals surface area contributed by atoms with E-state index < -0.39 is 0 Å². The summed E-state index contributed by atoms with van der Waals surface area (Å²) in [7, 11) is 0. The van der Waals surface area contributed by atoms with E-state index in [4.69, 9.17) is 10.1 Å². The molecule has 19 heavy (non-hydrogen) atoms. The molecule has 1 saturated heterocycles. The smallest absolute Gasteiger partial charge is 0.129 e. The first kappa shape index (κ1) is 14.3. The molecular formula is C15H24N2O2. The SMILES string of the molecule is CCCc1cc(CO)cc(N2CCC(CCO)C2)n1. The molecule has 0 amide bonds. The van der Waals surface area contributed by atoms with E-state index in [1.54, 1.807) is 0 Å². The van der Waals surface area contributed by atoms with Crippen molar-refractivity contribution in [2.45, 2.75) is 39.2 Å². The van der Waals surface area contributed by atoms with Gasteiger partial charge in [-0.15, -0.1) is 0 Å². The van der Waals surface area contributed by atoms with Crippen LogP contribution in [0.2, 0.25) is 0 Å². The second-order valence-electron chi connectivity index (χ2n) is 5.35. The Kier molecular flexibility index (Phi) is 5.16. The normalized spacial score (nSPS) is 19.1. The zero-order valence-electron chi connectivity index (χ0n) is 11.7. The fraction of sp³-hybridized carbons (Fsp3) is 0.667. The van der Waals surface area contributed by atoms with E-state index in [0.717, 1.165) is 55.8 Å². The molecule has 2 heterocycles. The summed E-state index contributed by atoms with van der Waals surface area (Å²) in [6.45, 7) is 4.44. The fourth-order valence-corrected chi connectivity index (χ4v) is 2.73. The number of hydrogen-bond donors (Lipinski definition) is 2. The molecule has 2 N–H and O–H groups in total. The lowest BCUT2D eigenvalue weighted by Crippen LogP contribution is -2.21. The van der Waals surface area contributed by atoms with Crippen LogP contribution in [-0.2, 0) is 13.0 Å². The molecule has 4 heteroatoms. The number of nitrogens with zero attached hydrogens (tertiary/aromatic N) is 2. The van der Waals surface area contributed by atoms with E-state index in [0.29, 0.717) is 5.92 Å². The molecule has 1 aromatic rings. The van der Waals surface area contributed by atoms with E-state index in [1.165, 1.54) is 0 Å². The van der Waals surface area contributed by atoms with Gasteiger partial charge in [-0.3, -0.25) is 0 Å². The summed E-state index contributed by atoms with van der Waals surface area (Å²) in [6, 6.07) is 3.98. The molecule has 0 radical (unpaired) electrons. The van der Waals surface area contributed by atoms with Crippen LogP contribution in [0.5, 0.6) is 0 Å². The van der Waals surface area contributed by atoms with Gasteiger partial charge in [-0.2, -0.15) is 0 Å². The van der Waals surface area contributed by atoms with Crippen molar-refractivity contribution in [3.05, 3.63) is 23.4 Å². The Bertz CT molecular complexity index is 409. The van der Waals surface area contributed by atoms with Gasteiger partial charge >= 0.3 is 0 Å². The van der Waals surface area contributed by atoms with Crippen molar-refractivity contribution in [2.75, 3.05) is 24.6 Å². The highest BCUT2D eigenvalue weighted by atomic mass is 16.3. The molecule has 0 aromatic carbocycles. The third-order valence-electron chi connectivity index (χ3n) is 3.76. The van der Waals surface area contributed by atoms with Crippen LogP contribution in [0.3, 0.4) is 0 Å². The molecule has 4 nitrogen and oxygen atoms in total. The van der Waals surface area contributed by atoms with Crippen LogP contribution in [0, 0.1) is 5.92 Å². The molecule has 1 aliphatic heterocycles. The second-order valence-corrected chi connectivity index (χ2v) is 5.35. The lowest BCUT2D eigenvalue weighted by atomic mass is 10.1. The van der Waals surface area contributed by atoms with Gasteiger partial charge in [0.2, 0.25) is 0 Å². The number of pyridine rings is 1. The van der Waals surface area contributed by atoms with Gasteiger partial charge < -0.3 is 15.1 Å². The zero-order valence-corrected chi connectivity index (χ0v) is 11.7. The molecule has 1 fully saturated rings. The van der Waals surface area contributed by atoms with Crippen LogP contribution < -0.4 is 4.90 Å². The number of rotatable bonds is 6. The van der Waals surface area contributed by atoms with E-state index in [-0.39, 0.29) is 13.2 Å². The Hall–Kier alpha value is -1.13. The van der Waals surface area contributed by atoms with Gasteiger partial charge in [0.05, 0.1) is 6.61 Å². The minimum absolute atomic E-state index is 0.0696. The number of aliphatic hydroxyl groups is 2. The van der Waals surface area contributed by atoms with Crippen molar-refractivity contribution < 1.29 is 10.2 Å². The van der Waals surface area contributed by atoms with Gasteiger partial charge in [-0.25, -0.2) is 4.98 Å². The average molecular weight is 264 g/mol. The average Bonchev–Trinajstić information content (AvgIpc) is 2.88. The molecule has 1 aliphatic rings. The Balaban J connectivity index is 2.12. The van der Waals surface area contributed by atoms with Gasteiger partial charge in [0.1, 0.15) is 5.82 Å². The zero-order chi connectivity index (χ0) is 13.7. The highest BCUT2D eigenvalue weighted by molar-refractivity contribution is 5.43. The second kappa shape index (κ2) is 6.87. The maximum absolute atomic E-state index is 9.35. The van der Waals surface area contributed by atoms with Crippen LogP contribution >= 0.6 is 0 Å². The lowest BCUT2D eigenvalue weighted by molar-refractivity contribution is 0.263. The quantitative estimate of drug-likeness (QED) is 0.821. The molecular weight excluding hydrogens is 240 g/mol. The van der Waals surface area contributed by atoms with E-state index >= 15 is 0 Å². The number of hydrogen-bond acceptors (Lipinski definition) is 4. The topological polar surface area (TPSA) is 56.6 Å². The summed E-state index contributed by atoms with van der Waals surface area (Å²) in [5.41, 5.74) is 2.01. The van der Waals surface area contributed by atoms with Crippen LogP contribution in [0.15, 0.2) is 12.1 Å². The molecule has 1 unspecified atom stereocenters. The number of anilines is 1. The van der Waals surface area contributed by atoms with Crippen LogP contribution in [0.25, 0.3) is 0 Å². The third-order valence-corrected chi connectivity index (χ3v) is 3.76. The Morgan fingerprint density at radius 3 is 2.89 bits per heavy atom. The summed E-state index contributed by atoms with van der Waals surface area (Å²) in [5, 5.41) is 18.4. The van der Waals surface area contributed by atoms with Gasteiger partial charge in [-0.1, -0.05) is 13.3 Å². The Morgan fingerprint density at radius 2 is 2.21 bits per heavy atom. The van der Waals surface area contributed by atoms with E-state index in [9.17, 15) is 5.11 Å². The summed E-state index contributed by atoms with van der Waals surface area (Å²) in [4.78, 5) is 6.98. The van der Waals surface area contributed by atoms with E-state index in [2.05, 4.69) is 11.8 Å². The van der Waals surface area contributed by atoms with Crippen molar-refractivity contribution in [3.63, 3.8) is 0 Å². The maximum Gasteiger partial charge on any atom is 0.129 e. The van der Waals surface area contributed by atoms with Crippen molar-refractivity contribution in [1.82, 2.24) is 4.98 Å². The van der Waals surface area contributed by atoms with E-state index in [1.807, 2.05) is 12.1 Å². The maximum atomic E-state index is 9.35. The standard InChI is InChI=1S/C15H24N2O2/c1-2-3-14-8-13(11-19)9-15(16-14)17-6-4-12(10-17)5-7-18/h8-9,12,18-19H,2-7,10-11H2,1H3. The monoisotopic (exact) mass is 264 g/mol. The van der Waals surface area contributed by atoms with Crippen molar-refractivity contribution >= 4 is 5.82 Å². The summed E-state index contributed by atoms with van der Waals surface area (Å²) >= 11 is 0. The summed E-state index contributed by atoms with van der Waals surface area (Å²) in [6.07, 6.45) is 4.01. The molecule has 0 aliphatic carbocycles. The molecule has 1 atom stereocenters. The molecule has 2 rings (SSSR count). The van der Waals surface area contributed by atoms with Gasteiger partial charge in [0.25, 0.3) is 0 Å². The van der Waals surface area contributed by atoms with Gasteiger partial charge in [-0.05, 0) is 42.9 Å². The predicted molar refractivity (Wildman–Crippen MR) is 76.2 cm³/mol. The first-order valence-electron chi connectivity index (χ1n) is 7.23. The minimum atomic E-state index is 0.0696. The third kappa shape index (κ3) is 3.67. The predicted octanol–water partition coefficient (Wildman–Crippen LogP) is 1.74. The van der Waals surface area contributed by atoms with Crippen molar-refractivity contribution in [3.8, 4) is 0 Å².